The highest BCUT2D eigenvalue weighted by Crippen LogP contribution is 2.22. The van der Waals surface area contributed by atoms with E-state index in [1.807, 2.05) is 12.1 Å². The number of anilines is 1. The summed E-state index contributed by atoms with van der Waals surface area (Å²) < 4.78 is 0. The van der Waals surface area contributed by atoms with E-state index in [1.165, 1.54) is 51.0 Å². The number of piperazine rings is 1. The van der Waals surface area contributed by atoms with Crippen molar-refractivity contribution in [2.45, 2.75) is 31.8 Å². The molecule has 2 heterocycles. The van der Waals surface area contributed by atoms with E-state index in [-0.39, 0.29) is 0 Å². The second-order valence-electron chi connectivity index (χ2n) is 5.66. The topological polar surface area (TPSA) is 32.5 Å². The van der Waals surface area contributed by atoms with Crippen LogP contribution >= 0.6 is 0 Å². The van der Waals surface area contributed by atoms with Gasteiger partial charge in [-0.05, 0) is 37.1 Å². The SMILES string of the molecule is Nc1ccc(CN2CCN3CCCCC3C2)cc1. The van der Waals surface area contributed by atoms with Gasteiger partial charge in [0.25, 0.3) is 0 Å². The molecule has 2 saturated heterocycles. The Morgan fingerprint density at radius 1 is 1.06 bits per heavy atom. The molecule has 1 aromatic carbocycles. The summed E-state index contributed by atoms with van der Waals surface area (Å²) in [6.07, 6.45) is 4.20. The van der Waals surface area contributed by atoms with Crippen LogP contribution in [-0.2, 0) is 6.54 Å². The van der Waals surface area contributed by atoms with Gasteiger partial charge in [-0.3, -0.25) is 9.80 Å². The molecule has 0 aromatic heterocycles. The zero-order valence-electron chi connectivity index (χ0n) is 11.0. The molecule has 0 amide bonds. The molecule has 2 aliphatic rings. The molecule has 0 radical (unpaired) electrons. The number of hydrogen-bond acceptors (Lipinski definition) is 3. The van der Waals surface area contributed by atoms with Crippen LogP contribution in [0.3, 0.4) is 0 Å². The highest BCUT2D eigenvalue weighted by molar-refractivity contribution is 5.39. The van der Waals surface area contributed by atoms with E-state index in [1.54, 1.807) is 0 Å². The Morgan fingerprint density at radius 3 is 2.72 bits per heavy atom. The van der Waals surface area contributed by atoms with Gasteiger partial charge >= 0.3 is 0 Å². The van der Waals surface area contributed by atoms with Crippen molar-refractivity contribution in [1.82, 2.24) is 9.80 Å². The molecule has 3 rings (SSSR count). The van der Waals surface area contributed by atoms with Gasteiger partial charge in [0, 0.05) is 37.9 Å². The summed E-state index contributed by atoms with van der Waals surface area (Å²) in [7, 11) is 0. The van der Waals surface area contributed by atoms with Gasteiger partial charge in [-0.2, -0.15) is 0 Å². The maximum absolute atomic E-state index is 5.73. The number of benzene rings is 1. The van der Waals surface area contributed by atoms with Crippen molar-refractivity contribution in [2.24, 2.45) is 0 Å². The smallest absolute Gasteiger partial charge is 0.0314 e. The number of fused-ring (bicyclic) bond motifs is 1. The molecule has 1 aromatic rings. The quantitative estimate of drug-likeness (QED) is 0.808. The fourth-order valence-corrected chi connectivity index (χ4v) is 3.25. The van der Waals surface area contributed by atoms with Crippen molar-refractivity contribution in [3.63, 3.8) is 0 Å². The van der Waals surface area contributed by atoms with Crippen LogP contribution in [0.2, 0.25) is 0 Å². The Bertz CT molecular complexity index is 387. The molecule has 98 valence electrons. The Morgan fingerprint density at radius 2 is 1.89 bits per heavy atom. The van der Waals surface area contributed by atoms with Gasteiger partial charge in [-0.15, -0.1) is 0 Å². The van der Waals surface area contributed by atoms with Crippen LogP contribution in [0.15, 0.2) is 24.3 Å². The minimum atomic E-state index is 0.807. The number of rotatable bonds is 2. The summed E-state index contributed by atoms with van der Waals surface area (Å²) >= 11 is 0. The first-order valence-corrected chi connectivity index (χ1v) is 7.12. The summed E-state index contributed by atoms with van der Waals surface area (Å²) in [6.45, 7) is 6.09. The maximum Gasteiger partial charge on any atom is 0.0314 e. The van der Waals surface area contributed by atoms with Gasteiger partial charge in [0.2, 0.25) is 0 Å². The zero-order chi connectivity index (χ0) is 12.4. The fourth-order valence-electron chi connectivity index (χ4n) is 3.25. The third-order valence-electron chi connectivity index (χ3n) is 4.31. The third kappa shape index (κ3) is 2.68. The fraction of sp³-hybridized carbons (Fsp3) is 0.600. The van der Waals surface area contributed by atoms with Crippen LogP contribution < -0.4 is 5.73 Å². The third-order valence-corrected chi connectivity index (χ3v) is 4.31. The predicted octanol–water partition coefficient (Wildman–Crippen LogP) is 1.94. The molecular weight excluding hydrogens is 222 g/mol. The Balaban J connectivity index is 1.59. The van der Waals surface area contributed by atoms with Gasteiger partial charge in [-0.25, -0.2) is 0 Å². The van der Waals surface area contributed by atoms with Crippen LogP contribution in [0.4, 0.5) is 5.69 Å². The van der Waals surface area contributed by atoms with E-state index in [4.69, 9.17) is 5.73 Å². The Labute approximate surface area is 110 Å². The van der Waals surface area contributed by atoms with Crippen molar-refractivity contribution < 1.29 is 0 Å². The van der Waals surface area contributed by atoms with Gasteiger partial charge in [0.1, 0.15) is 0 Å². The molecule has 1 unspecified atom stereocenters. The molecule has 2 fully saturated rings. The molecule has 0 aliphatic carbocycles. The lowest BCUT2D eigenvalue weighted by molar-refractivity contribution is 0.0457. The van der Waals surface area contributed by atoms with Crippen LogP contribution in [-0.4, -0.2) is 42.0 Å². The molecule has 0 spiro atoms. The molecular formula is C15H23N3. The van der Waals surface area contributed by atoms with Gasteiger partial charge in [0.05, 0.1) is 0 Å². The van der Waals surface area contributed by atoms with Crippen molar-refractivity contribution in [1.29, 1.82) is 0 Å². The standard InChI is InChI=1S/C15H23N3/c16-14-6-4-13(5-7-14)11-17-9-10-18-8-2-1-3-15(18)12-17/h4-7,15H,1-3,8-12,16H2. The van der Waals surface area contributed by atoms with E-state index < -0.39 is 0 Å². The Hall–Kier alpha value is -1.06. The Kier molecular flexibility index (Phi) is 3.52. The summed E-state index contributed by atoms with van der Waals surface area (Å²) in [4.78, 5) is 5.28. The molecule has 0 bridgehead atoms. The summed E-state index contributed by atoms with van der Waals surface area (Å²) in [6, 6.07) is 9.13. The number of piperidine rings is 1. The van der Waals surface area contributed by atoms with Crippen LogP contribution in [0, 0.1) is 0 Å². The van der Waals surface area contributed by atoms with E-state index in [9.17, 15) is 0 Å². The van der Waals surface area contributed by atoms with Gasteiger partial charge in [0.15, 0.2) is 0 Å². The maximum atomic E-state index is 5.73. The van der Waals surface area contributed by atoms with E-state index in [0.29, 0.717) is 0 Å². The van der Waals surface area contributed by atoms with Gasteiger partial charge < -0.3 is 5.73 Å². The normalized spacial score (nSPS) is 25.9. The second-order valence-corrected chi connectivity index (χ2v) is 5.66. The summed E-state index contributed by atoms with van der Waals surface area (Å²) in [5.41, 5.74) is 7.97. The highest BCUT2D eigenvalue weighted by Gasteiger charge is 2.28. The second kappa shape index (κ2) is 5.29. The average molecular weight is 245 g/mol. The molecule has 1 atom stereocenters. The minimum Gasteiger partial charge on any atom is -0.399 e. The van der Waals surface area contributed by atoms with Crippen LogP contribution in [0.5, 0.6) is 0 Å². The van der Waals surface area contributed by atoms with E-state index in [0.717, 1.165) is 18.3 Å². The van der Waals surface area contributed by atoms with Crippen LogP contribution in [0.25, 0.3) is 0 Å². The monoisotopic (exact) mass is 245 g/mol. The summed E-state index contributed by atoms with van der Waals surface area (Å²) in [5.74, 6) is 0. The lowest BCUT2D eigenvalue weighted by atomic mass is 9.99. The number of nitrogens with two attached hydrogens (primary N) is 1. The van der Waals surface area contributed by atoms with Gasteiger partial charge in [-0.1, -0.05) is 18.6 Å². The van der Waals surface area contributed by atoms with E-state index in [2.05, 4.69) is 21.9 Å². The van der Waals surface area contributed by atoms with Crippen molar-refractivity contribution >= 4 is 5.69 Å². The first-order valence-electron chi connectivity index (χ1n) is 7.12. The minimum absolute atomic E-state index is 0.807. The molecule has 18 heavy (non-hydrogen) atoms. The number of hydrogen-bond donors (Lipinski definition) is 1. The molecule has 0 saturated carbocycles. The molecule has 2 N–H and O–H groups in total. The van der Waals surface area contributed by atoms with E-state index >= 15 is 0 Å². The summed E-state index contributed by atoms with van der Waals surface area (Å²) in [5, 5.41) is 0. The van der Waals surface area contributed by atoms with Crippen molar-refractivity contribution in [3.05, 3.63) is 29.8 Å². The highest BCUT2D eigenvalue weighted by atomic mass is 15.3. The number of nitrogens with zero attached hydrogens (tertiary/aromatic N) is 2. The molecule has 3 heteroatoms. The average Bonchev–Trinajstić information content (AvgIpc) is 2.41. The zero-order valence-corrected chi connectivity index (χ0v) is 11.0. The molecule has 3 nitrogen and oxygen atoms in total. The largest absolute Gasteiger partial charge is 0.399 e. The van der Waals surface area contributed by atoms with Crippen LogP contribution in [0.1, 0.15) is 24.8 Å². The molecule has 2 aliphatic heterocycles. The van der Waals surface area contributed by atoms with Crippen molar-refractivity contribution in [2.75, 3.05) is 31.9 Å². The number of nitrogen functional groups attached to an aromatic ring is 1. The van der Waals surface area contributed by atoms with Crippen molar-refractivity contribution in [3.8, 4) is 0 Å². The lowest BCUT2D eigenvalue weighted by Crippen LogP contribution is -2.54. The first-order chi connectivity index (χ1) is 8.81. The lowest BCUT2D eigenvalue weighted by Gasteiger charge is -2.44. The first kappa shape index (κ1) is 12.0. The predicted molar refractivity (Wildman–Crippen MR) is 75.3 cm³/mol.